The molecule has 0 aliphatic carbocycles. The van der Waals surface area contributed by atoms with Gasteiger partial charge >= 0.3 is 17.2 Å². The van der Waals surface area contributed by atoms with Gasteiger partial charge in [-0.3, -0.25) is 9.59 Å². The highest BCUT2D eigenvalue weighted by Crippen LogP contribution is 2.10. The van der Waals surface area contributed by atoms with Crippen molar-refractivity contribution in [1.29, 1.82) is 0 Å². The Labute approximate surface area is 205 Å². The topological polar surface area (TPSA) is 113 Å². The maximum absolute atomic E-state index is 13.0. The normalized spacial score (nSPS) is 11.2. The van der Waals surface area contributed by atoms with Gasteiger partial charge in [0.15, 0.2) is 6.54 Å². The number of Topliss-reactive ketones (excluding diaryl/α,β-unsaturated/α-hetero) is 1. The SMILES string of the molecule is O=C(C[n+]1[nH]n(/N=C/c2ccccc2)c(=O)c1C(=O)N/N=C/c1ccccc1)c1ccc(Cl)cc1. The highest BCUT2D eigenvalue weighted by molar-refractivity contribution is 6.30. The number of hydrogen-bond donors (Lipinski definition) is 2. The Balaban J connectivity index is 1.63. The largest absolute Gasteiger partial charge is 0.432 e. The molecule has 0 saturated carbocycles. The molecule has 0 saturated heterocycles. The summed E-state index contributed by atoms with van der Waals surface area (Å²) in [6.07, 6.45) is 2.90. The van der Waals surface area contributed by atoms with Gasteiger partial charge in [0, 0.05) is 15.4 Å². The molecule has 9 nitrogen and oxygen atoms in total. The second kappa shape index (κ2) is 11.0. The van der Waals surface area contributed by atoms with Crippen molar-refractivity contribution in [1.82, 2.24) is 15.4 Å². The van der Waals surface area contributed by atoms with Gasteiger partial charge in [0.25, 0.3) is 0 Å². The zero-order valence-corrected chi connectivity index (χ0v) is 19.1. The van der Waals surface area contributed by atoms with Crippen molar-refractivity contribution in [2.45, 2.75) is 6.54 Å². The Morgan fingerprint density at radius 3 is 2.14 bits per heavy atom. The molecular formula is C25H20ClN6O3+. The number of hydrazone groups is 1. The highest BCUT2D eigenvalue weighted by Gasteiger charge is 2.30. The van der Waals surface area contributed by atoms with Crippen LogP contribution in [0.5, 0.6) is 0 Å². The number of rotatable bonds is 8. The lowest BCUT2D eigenvalue weighted by Gasteiger charge is -2.00. The average Bonchev–Trinajstić information content (AvgIpc) is 3.18. The number of H-pyrrole nitrogens is 1. The Hall–Kier alpha value is -4.63. The van der Waals surface area contributed by atoms with Crippen LogP contribution in [0.15, 0.2) is 99.9 Å². The zero-order valence-electron chi connectivity index (χ0n) is 18.3. The molecule has 10 heteroatoms. The number of aromatic amines is 1. The lowest BCUT2D eigenvalue weighted by Crippen LogP contribution is -2.48. The van der Waals surface area contributed by atoms with Crippen molar-refractivity contribution in [3.63, 3.8) is 0 Å². The fourth-order valence-electron chi connectivity index (χ4n) is 3.13. The van der Waals surface area contributed by atoms with E-state index in [0.29, 0.717) is 10.6 Å². The van der Waals surface area contributed by atoms with Gasteiger partial charge in [0.2, 0.25) is 5.78 Å². The van der Waals surface area contributed by atoms with Crippen molar-refractivity contribution < 1.29 is 14.3 Å². The first-order valence-corrected chi connectivity index (χ1v) is 10.9. The molecular weight excluding hydrogens is 468 g/mol. The smallest absolute Gasteiger partial charge is 0.290 e. The third-order valence-corrected chi connectivity index (χ3v) is 5.12. The van der Waals surface area contributed by atoms with Crippen LogP contribution in [-0.2, 0) is 6.54 Å². The van der Waals surface area contributed by atoms with E-state index in [-0.39, 0.29) is 18.0 Å². The maximum Gasteiger partial charge on any atom is 0.432 e. The lowest BCUT2D eigenvalue weighted by molar-refractivity contribution is -0.744. The van der Waals surface area contributed by atoms with Crippen LogP contribution in [0, 0.1) is 0 Å². The van der Waals surface area contributed by atoms with Crippen molar-refractivity contribution in [3.05, 3.63) is 123 Å². The first-order valence-electron chi connectivity index (χ1n) is 10.5. The maximum atomic E-state index is 13.0. The molecule has 2 N–H and O–H groups in total. The molecule has 174 valence electrons. The standard InChI is InChI=1S/C25H19ClN6O3/c26-21-13-11-20(12-14-21)22(33)17-31-23(24(34)29-27-15-18-7-3-1-4-8-18)25(35)32(30-31)28-16-19-9-5-2-6-10-19/h1-16H,17H2,(H-,29,30,34,35)/p+1/b28-16+. The molecule has 0 unspecified atom stereocenters. The van der Waals surface area contributed by atoms with Gasteiger partial charge < -0.3 is 0 Å². The first-order chi connectivity index (χ1) is 17.0. The fourth-order valence-corrected chi connectivity index (χ4v) is 3.26. The predicted octanol–water partition coefficient (Wildman–Crippen LogP) is 2.65. The van der Waals surface area contributed by atoms with Gasteiger partial charge in [-0.05, 0) is 35.4 Å². The molecule has 0 bridgehead atoms. The third-order valence-electron chi connectivity index (χ3n) is 4.86. The van der Waals surface area contributed by atoms with E-state index in [9.17, 15) is 14.4 Å². The van der Waals surface area contributed by atoms with Crippen molar-refractivity contribution in [2.24, 2.45) is 10.2 Å². The summed E-state index contributed by atoms with van der Waals surface area (Å²) >= 11 is 5.90. The van der Waals surface area contributed by atoms with Crippen LogP contribution >= 0.6 is 11.6 Å². The van der Waals surface area contributed by atoms with E-state index < -0.39 is 11.5 Å². The van der Waals surface area contributed by atoms with Crippen LogP contribution in [0.2, 0.25) is 5.02 Å². The van der Waals surface area contributed by atoms with Gasteiger partial charge in [-0.25, -0.2) is 10.2 Å². The minimum Gasteiger partial charge on any atom is -0.290 e. The van der Waals surface area contributed by atoms with Crippen molar-refractivity contribution in [3.8, 4) is 0 Å². The number of halogens is 1. The number of nitrogens with one attached hydrogen (secondary N) is 2. The van der Waals surface area contributed by atoms with Crippen LogP contribution in [0.25, 0.3) is 0 Å². The number of carbonyl (C=O) groups is 2. The number of aromatic nitrogens is 3. The molecule has 1 heterocycles. The van der Waals surface area contributed by atoms with Gasteiger partial charge in [0.05, 0.1) is 12.4 Å². The number of benzene rings is 3. The van der Waals surface area contributed by atoms with Crippen LogP contribution in [0.4, 0.5) is 0 Å². The highest BCUT2D eigenvalue weighted by atomic mass is 35.5. The summed E-state index contributed by atoms with van der Waals surface area (Å²) in [5, 5.41) is 11.2. The molecule has 1 amide bonds. The minimum atomic E-state index is -0.795. The second-order valence-electron chi connectivity index (χ2n) is 7.35. The third kappa shape index (κ3) is 6.04. The monoisotopic (exact) mass is 487 g/mol. The zero-order chi connectivity index (χ0) is 24.6. The van der Waals surface area contributed by atoms with E-state index in [0.717, 1.165) is 20.6 Å². The average molecular weight is 488 g/mol. The van der Waals surface area contributed by atoms with E-state index in [1.54, 1.807) is 24.3 Å². The molecule has 4 aromatic rings. The van der Waals surface area contributed by atoms with E-state index >= 15 is 0 Å². The number of amides is 1. The molecule has 1 aromatic heterocycles. The van der Waals surface area contributed by atoms with E-state index in [1.807, 2.05) is 60.7 Å². The van der Waals surface area contributed by atoms with Crippen molar-refractivity contribution >= 4 is 35.7 Å². The molecule has 35 heavy (non-hydrogen) atoms. The van der Waals surface area contributed by atoms with Crippen LogP contribution < -0.4 is 15.7 Å². The number of nitrogens with zero attached hydrogens (tertiary/aromatic N) is 4. The summed E-state index contributed by atoms with van der Waals surface area (Å²) in [5.41, 5.74) is 3.14. The molecule has 0 spiro atoms. The van der Waals surface area contributed by atoms with Gasteiger partial charge in [-0.1, -0.05) is 82.6 Å². The molecule has 0 atom stereocenters. The fraction of sp³-hybridized carbons (Fsp3) is 0.0400. The quantitative estimate of drug-likeness (QED) is 0.172. The lowest BCUT2D eigenvalue weighted by atomic mass is 10.1. The molecule has 0 fully saturated rings. The second-order valence-corrected chi connectivity index (χ2v) is 7.78. The summed E-state index contributed by atoms with van der Waals surface area (Å²) < 4.78 is 1.13. The molecule has 0 aliphatic rings. The van der Waals surface area contributed by atoms with Crippen LogP contribution in [-0.4, -0.2) is 34.1 Å². The molecule has 3 aromatic carbocycles. The van der Waals surface area contributed by atoms with Gasteiger partial charge in [0.1, 0.15) is 0 Å². The Bertz CT molecular complexity index is 1440. The Morgan fingerprint density at radius 2 is 1.51 bits per heavy atom. The number of ketones is 1. The molecule has 0 radical (unpaired) electrons. The molecule has 4 rings (SSSR count). The van der Waals surface area contributed by atoms with E-state index in [4.69, 9.17) is 11.6 Å². The number of carbonyl (C=O) groups excluding carboxylic acids is 2. The van der Waals surface area contributed by atoms with Crippen molar-refractivity contribution in [2.75, 3.05) is 0 Å². The summed E-state index contributed by atoms with van der Waals surface area (Å²) in [5.74, 6) is -1.13. The Kier molecular flexibility index (Phi) is 7.39. The molecule has 0 aliphatic heterocycles. The summed E-state index contributed by atoms with van der Waals surface area (Å²) in [6.45, 7) is -0.310. The van der Waals surface area contributed by atoms with E-state index in [2.05, 4.69) is 20.8 Å². The Morgan fingerprint density at radius 1 is 0.914 bits per heavy atom. The van der Waals surface area contributed by atoms with Gasteiger partial charge in [-0.15, -0.1) is 4.68 Å². The van der Waals surface area contributed by atoms with Crippen LogP contribution in [0.3, 0.4) is 0 Å². The first kappa shape index (κ1) is 23.5. The number of hydrogen-bond acceptors (Lipinski definition) is 5. The predicted molar refractivity (Wildman–Crippen MR) is 132 cm³/mol. The summed E-state index contributed by atoms with van der Waals surface area (Å²) in [7, 11) is 0. The van der Waals surface area contributed by atoms with E-state index in [1.165, 1.54) is 12.4 Å². The summed E-state index contributed by atoms with van der Waals surface area (Å²) in [4.78, 5) is 39.6. The van der Waals surface area contributed by atoms with Gasteiger partial charge in [-0.2, -0.15) is 5.10 Å². The van der Waals surface area contributed by atoms with Crippen LogP contribution in [0.1, 0.15) is 32.0 Å². The minimum absolute atomic E-state index is 0.310. The summed E-state index contributed by atoms with van der Waals surface area (Å²) in [6, 6.07) is 24.6.